The van der Waals surface area contributed by atoms with Crippen molar-refractivity contribution in [2.75, 3.05) is 19.8 Å². The van der Waals surface area contributed by atoms with Crippen LogP contribution in [0.3, 0.4) is 0 Å². The zero-order valence-corrected chi connectivity index (χ0v) is 11.4. The van der Waals surface area contributed by atoms with Crippen molar-refractivity contribution in [1.29, 1.82) is 0 Å². The van der Waals surface area contributed by atoms with Crippen LogP contribution in [0.4, 0.5) is 0 Å². The van der Waals surface area contributed by atoms with Crippen molar-refractivity contribution in [2.45, 2.75) is 30.2 Å². The number of aliphatic hydroxyl groups is 1. The van der Waals surface area contributed by atoms with E-state index in [4.69, 9.17) is 4.74 Å². The zero-order chi connectivity index (χ0) is 13.5. The maximum absolute atomic E-state index is 12.6. The second-order valence-corrected chi connectivity index (χ2v) is 6.85. The van der Waals surface area contributed by atoms with Gasteiger partial charge in [-0.3, -0.25) is 0 Å². The Bertz CT molecular complexity index is 584. The Balaban J connectivity index is 1.96. The number of benzene rings is 1. The maximum atomic E-state index is 12.6. The number of sulfonamides is 1. The summed E-state index contributed by atoms with van der Waals surface area (Å²) in [4.78, 5) is 0.303. The summed E-state index contributed by atoms with van der Waals surface area (Å²) in [5.41, 5.74) is 0.945. The van der Waals surface area contributed by atoms with Crippen LogP contribution in [-0.4, -0.2) is 43.6 Å². The van der Waals surface area contributed by atoms with E-state index in [0.29, 0.717) is 18.0 Å². The summed E-state index contributed by atoms with van der Waals surface area (Å²) in [7, 11) is -3.50. The molecule has 6 heteroatoms. The largest absolute Gasteiger partial charge is 0.493 e. The highest BCUT2D eigenvalue weighted by atomic mass is 32.2. The summed E-state index contributed by atoms with van der Waals surface area (Å²) in [6, 6.07) is 4.73. The van der Waals surface area contributed by atoms with E-state index in [0.717, 1.165) is 30.6 Å². The molecule has 1 fully saturated rings. The van der Waals surface area contributed by atoms with Gasteiger partial charge in [0.05, 0.1) is 18.1 Å². The summed E-state index contributed by atoms with van der Waals surface area (Å²) in [5, 5.41) is 9.28. The van der Waals surface area contributed by atoms with E-state index in [2.05, 4.69) is 0 Å². The fourth-order valence-electron chi connectivity index (χ4n) is 2.77. The molecule has 1 aromatic rings. The van der Waals surface area contributed by atoms with E-state index in [-0.39, 0.29) is 12.6 Å². The summed E-state index contributed by atoms with van der Waals surface area (Å²) in [6.07, 6.45) is 2.28. The normalized spacial score (nSPS) is 23.3. The molecule has 0 unspecified atom stereocenters. The van der Waals surface area contributed by atoms with Gasteiger partial charge in [0.2, 0.25) is 10.0 Å². The lowest BCUT2D eigenvalue weighted by Gasteiger charge is -2.22. The summed E-state index contributed by atoms with van der Waals surface area (Å²) in [6.45, 7) is 0.982. The van der Waals surface area contributed by atoms with E-state index in [9.17, 15) is 13.5 Å². The molecule has 2 aliphatic heterocycles. The highest BCUT2D eigenvalue weighted by Gasteiger charge is 2.35. The van der Waals surface area contributed by atoms with Gasteiger partial charge in [-0.05, 0) is 36.6 Å². The monoisotopic (exact) mass is 283 g/mol. The van der Waals surface area contributed by atoms with Crippen molar-refractivity contribution in [3.05, 3.63) is 23.8 Å². The summed E-state index contributed by atoms with van der Waals surface area (Å²) >= 11 is 0. The second-order valence-electron chi connectivity index (χ2n) is 4.96. The molecule has 0 amide bonds. The van der Waals surface area contributed by atoms with Gasteiger partial charge in [-0.1, -0.05) is 0 Å². The standard InChI is InChI=1S/C13H17NO4S/c15-9-11-2-1-6-14(11)19(16,17)12-3-4-13-10(8-12)5-7-18-13/h3-4,8,11,15H,1-2,5-7,9H2/t11-/m0/s1. The Labute approximate surface area is 112 Å². The minimum absolute atomic E-state index is 0.118. The highest BCUT2D eigenvalue weighted by molar-refractivity contribution is 7.89. The van der Waals surface area contributed by atoms with E-state index >= 15 is 0 Å². The lowest BCUT2D eigenvalue weighted by molar-refractivity contribution is 0.213. The van der Waals surface area contributed by atoms with Gasteiger partial charge in [-0.15, -0.1) is 0 Å². The number of ether oxygens (including phenoxy) is 1. The molecule has 1 N–H and O–H groups in total. The van der Waals surface area contributed by atoms with Gasteiger partial charge < -0.3 is 9.84 Å². The third-order valence-corrected chi connectivity index (χ3v) is 5.75. The topological polar surface area (TPSA) is 66.8 Å². The molecular formula is C13H17NO4S. The molecule has 1 saturated heterocycles. The van der Waals surface area contributed by atoms with Gasteiger partial charge in [0.1, 0.15) is 5.75 Å². The Morgan fingerprint density at radius 3 is 3.05 bits per heavy atom. The molecule has 19 heavy (non-hydrogen) atoms. The lowest BCUT2D eigenvalue weighted by atomic mass is 10.2. The third kappa shape index (κ3) is 2.13. The number of fused-ring (bicyclic) bond motifs is 1. The summed E-state index contributed by atoms with van der Waals surface area (Å²) < 4.78 is 32.0. The molecular weight excluding hydrogens is 266 g/mol. The fourth-order valence-corrected chi connectivity index (χ4v) is 4.50. The van der Waals surface area contributed by atoms with E-state index < -0.39 is 10.0 Å². The van der Waals surface area contributed by atoms with Crippen molar-refractivity contribution in [3.8, 4) is 5.75 Å². The van der Waals surface area contributed by atoms with Gasteiger partial charge in [0, 0.05) is 19.0 Å². The molecule has 104 valence electrons. The number of aliphatic hydroxyl groups excluding tert-OH is 1. The minimum atomic E-state index is -3.50. The second kappa shape index (κ2) is 4.77. The Morgan fingerprint density at radius 2 is 2.26 bits per heavy atom. The van der Waals surface area contributed by atoms with Gasteiger partial charge in [-0.2, -0.15) is 4.31 Å². The molecule has 0 aliphatic carbocycles. The van der Waals surface area contributed by atoms with Crippen molar-refractivity contribution in [3.63, 3.8) is 0 Å². The number of rotatable bonds is 3. The Hall–Kier alpha value is -1.11. The van der Waals surface area contributed by atoms with E-state index in [1.54, 1.807) is 18.2 Å². The van der Waals surface area contributed by atoms with Crippen LogP contribution in [-0.2, 0) is 16.4 Å². The van der Waals surface area contributed by atoms with Crippen LogP contribution in [0.25, 0.3) is 0 Å². The van der Waals surface area contributed by atoms with Crippen molar-refractivity contribution < 1.29 is 18.3 Å². The first-order chi connectivity index (χ1) is 9.13. The quantitative estimate of drug-likeness (QED) is 0.889. The first-order valence-corrected chi connectivity index (χ1v) is 7.95. The van der Waals surface area contributed by atoms with Crippen molar-refractivity contribution in [2.24, 2.45) is 0 Å². The fraction of sp³-hybridized carbons (Fsp3) is 0.538. The van der Waals surface area contributed by atoms with Crippen molar-refractivity contribution in [1.82, 2.24) is 4.31 Å². The Kier molecular flexibility index (Phi) is 3.24. The first-order valence-electron chi connectivity index (χ1n) is 6.51. The molecule has 2 heterocycles. The molecule has 2 aliphatic rings. The smallest absolute Gasteiger partial charge is 0.243 e. The van der Waals surface area contributed by atoms with E-state index in [1.807, 2.05) is 0 Å². The molecule has 0 aromatic heterocycles. The molecule has 0 saturated carbocycles. The predicted molar refractivity (Wildman–Crippen MR) is 69.6 cm³/mol. The molecule has 3 rings (SSSR count). The van der Waals surface area contributed by atoms with Crippen LogP contribution in [0, 0.1) is 0 Å². The van der Waals surface area contributed by atoms with Crippen LogP contribution < -0.4 is 4.74 Å². The predicted octanol–water partition coefficient (Wildman–Crippen LogP) is 0.767. The first kappa shape index (κ1) is 12.9. The van der Waals surface area contributed by atoms with E-state index in [1.165, 1.54) is 4.31 Å². The van der Waals surface area contributed by atoms with Crippen LogP contribution in [0.1, 0.15) is 18.4 Å². The highest BCUT2D eigenvalue weighted by Crippen LogP contribution is 2.31. The van der Waals surface area contributed by atoms with Gasteiger partial charge >= 0.3 is 0 Å². The molecule has 0 radical (unpaired) electrons. The SMILES string of the molecule is O=S(=O)(c1ccc2c(c1)CCO2)N1CCC[C@H]1CO. The molecule has 5 nitrogen and oxygen atoms in total. The number of hydrogen-bond donors (Lipinski definition) is 1. The molecule has 0 bridgehead atoms. The van der Waals surface area contributed by atoms with Crippen LogP contribution in [0.5, 0.6) is 5.75 Å². The lowest BCUT2D eigenvalue weighted by Crippen LogP contribution is -2.37. The van der Waals surface area contributed by atoms with Gasteiger partial charge in [-0.25, -0.2) is 8.42 Å². The zero-order valence-electron chi connectivity index (χ0n) is 10.6. The molecule has 0 spiro atoms. The summed E-state index contributed by atoms with van der Waals surface area (Å²) in [5.74, 6) is 0.777. The maximum Gasteiger partial charge on any atom is 0.243 e. The number of nitrogens with zero attached hydrogens (tertiary/aromatic N) is 1. The average molecular weight is 283 g/mol. The van der Waals surface area contributed by atoms with Gasteiger partial charge in [0.15, 0.2) is 0 Å². The van der Waals surface area contributed by atoms with Crippen LogP contribution >= 0.6 is 0 Å². The van der Waals surface area contributed by atoms with Crippen LogP contribution in [0.15, 0.2) is 23.1 Å². The van der Waals surface area contributed by atoms with Gasteiger partial charge in [0.25, 0.3) is 0 Å². The third-order valence-electron chi connectivity index (χ3n) is 3.80. The van der Waals surface area contributed by atoms with Crippen molar-refractivity contribution >= 4 is 10.0 Å². The number of hydrogen-bond acceptors (Lipinski definition) is 4. The molecule has 1 aromatic carbocycles. The molecule has 1 atom stereocenters. The van der Waals surface area contributed by atoms with Crippen LogP contribution in [0.2, 0.25) is 0 Å². The Morgan fingerprint density at radius 1 is 1.42 bits per heavy atom. The minimum Gasteiger partial charge on any atom is -0.493 e. The average Bonchev–Trinajstić information content (AvgIpc) is 3.06.